The van der Waals surface area contributed by atoms with Gasteiger partial charge in [0.25, 0.3) is 5.56 Å². The SMILES string of the molecule is CN(Cc1ccc(Cl)c(C#N)c1)C(=O)Cn1cnc2ccc(C3CCN(C(=O)C4CCCC4)CC3)cc2c1=O. The summed E-state index contributed by atoms with van der Waals surface area (Å²) in [6.45, 7) is 1.65. The Kier molecular flexibility index (Phi) is 7.99. The lowest BCUT2D eigenvalue weighted by molar-refractivity contribution is -0.136. The predicted octanol–water partition coefficient (Wildman–Crippen LogP) is 4.48. The van der Waals surface area contributed by atoms with Crippen molar-refractivity contribution in [1.82, 2.24) is 19.4 Å². The number of benzene rings is 2. The molecule has 8 nitrogen and oxygen atoms in total. The molecule has 2 heterocycles. The van der Waals surface area contributed by atoms with Gasteiger partial charge in [-0.25, -0.2) is 4.98 Å². The van der Waals surface area contributed by atoms with E-state index >= 15 is 0 Å². The Balaban J connectivity index is 1.26. The van der Waals surface area contributed by atoms with Crippen LogP contribution in [0, 0.1) is 17.2 Å². The number of nitrogens with zero attached hydrogens (tertiary/aromatic N) is 5. The number of likely N-dealkylation sites (tertiary alicyclic amines) is 1. The largest absolute Gasteiger partial charge is 0.342 e. The van der Waals surface area contributed by atoms with Crippen LogP contribution in [0.2, 0.25) is 5.02 Å². The Morgan fingerprint density at radius 3 is 2.56 bits per heavy atom. The lowest BCUT2D eigenvalue weighted by atomic mass is 9.88. The maximum atomic E-state index is 13.3. The van der Waals surface area contributed by atoms with Crippen molar-refractivity contribution in [3.05, 3.63) is 74.8 Å². The Hall–Kier alpha value is -3.70. The van der Waals surface area contributed by atoms with Gasteiger partial charge in [0.2, 0.25) is 11.8 Å². The monoisotopic (exact) mass is 545 g/mol. The van der Waals surface area contributed by atoms with Crippen LogP contribution < -0.4 is 5.56 Å². The molecule has 0 N–H and O–H groups in total. The van der Waals surface area contributed by atoms with E-state index in [1.165, 1.54) is 15.8 Å². The molecule has 5 rings (SSSR count). The van der Waals surface area contributed by atoms with Crippen LogP contribution >= 0.6 is 11.6 Å². The van der Waals surface area contributed by atoms with Crippen LogP contribution in [-0.4, -0.2) is 51.3 Å². The molecule has 1 saturated carbocycles. The first-order valence-corrected chi connectivity index (χ1v) is 13.9. The first-order valence-electron chi connectivity index (χ1n) is 13.5. The molecular weight excluding hydrogens is 514 g/mol. The number of carbonyl (C=O) groups excluding carboxylic acids is 2. The number of halogens is 1. The van der Waals surface area contributed by atoms with Crippen molar-refractivity contribution in [2.45, 2.75) is 57.5 Å². The summed E-state index contributed by atoms with van der Waals surface area (Å²) in [5.41, 5.74) is 2.55. The summed E-state index contributed by atoms with van der Waals surface area (Å²) < 4.78 is 1.34. The molecule has 0 spiro atoms. The van der Waals surface area contributed by atoms with E-state index in [0.29, 0.717) is 27.4 Å². The first kappa shape index (κ1) is 26.9. The second-order valence-corrected chi connectivity index (χ2v) is 11.1. The molecule has 2 fully saturated rings. The summed E-state index contributed by atoms with van der Waals surface area (Å²) in [5.74, 6) is 0.546. The Labute approximate surface area is 232 Å². The number of rotatable bonds is 6. The fraction of sp³-hybridized carbons (Fsp3) is 0.433. The van der Waals surface area contributed by atoms with Gasteiger partial charge < -0.3 is 9.80 Å². The van der Waals surface area contributed by atoms with Gasteiger partial charge in [-0.1, -0.05) is 36.6 Å². The van der Waals surface area contributed by atoms with E-state index in [0.717, 1.165) is 62.7 Å². The number of carbonyl (C=O) groups is 2. The molecule has 2 amide bonds. The fourth-order valence-electron chi connectivity index (χ4n) is 5.79. The van der Waals surface area contributed by atoms with Gasteiger partial charge >= 0.3 is 0 Å². The van der Waals surface area contributed by atoms with Crippen molar-refractivity contribution in [3.63, 3.8) is 0 Å². The molecule has 39 heavy (non-hydrogen) atoms. The first-order chi connectivity index (χ1) is 18.8. The topological polar surface area (TPSA) is 99.3 Å². The number of fused-ring (bicyclic) bond motifs is 1. The quantitative estimate of drug-likeness (QED) is 0.455. The number of amides is 2. The minimum atomic E-state index is -0.254. The van der Waals surface area contributed by atoms with Gasteiger partial charge in [0.05, 0.1) is 27.8 Å². The highest BCUT2D eigenvalue weighted by Crippen LogP contribution is 2.32. The summed E-state index contributed by atoms with van der Waals surface area (Å²) in [7, 11) is 1.66. The highest BCUT2D eigenvalue weighted by Gasteiger charge is 2.30. The van der Waals surface area contributed by atoms with Crippen LogP contribution in [0.5, 0.6) is 0 Å². The Bertz CT molecular complexity index is 1500. The second-order valence-electron chi connectivity index (χ2n) is 10.7. The maximum absolute atomic E-state index is 13.3. The van der Waals surface area contributed by atoms with E-state index < -0.39 is 0 Å². The number of likely N-dealkylation sites (N-methyl/N-ethyl adjacent to an activating group) is 1. The van der Waals surface area contributed by atoms with Crippen molar-refractivity contribution >= 4 is 34.3 Å². The van der Waals surface area contributed by atoms with Crippen LogP contribution in [0.15, 0.2) is 47.5 Å². The number of aromatic nitrogens is 2. The van der Waals surface area contributed by atoms with Gasteiger partial charge in [-0.3, -0.25) is 19.0 Å². The van der Waals surface area contributed by atoms with E-state index in [4.69, 9.17) is 11.6 Å². The molecule has 2 aromatic carbocycles. The highest BCUT2D eigenvalue weighted by molar-refractivity contribution is 6.31. The molecule has 0 atom stereocenters. The number of hydrogen-bond acceptors (Lipinski definition) is 5. The van der Waals surface area contributed by atoms with Gasteiger partial charge in [-0.15, -0.1) is 0 Å². The molecule has 2 aliphatic rings. The van der Waals surface area contributed by atoms with Crippen molar-refractivity contribution in [1.29, 1.82) is 5.26 Å². The second kappa shape index (κ2) is 11.6. The number of hydrogen-bond donors (Lipinski definition) is 0. The third kappa shape index (κ3) is 5.84. The van der Waals surface area contributed by atoms with Gasteiger partial charge in [0.1, 0.15) is 12.6 Å². The molecule has 0 radical (unpaired) electrons. The van der Waals surface area contributed by atoms with Crippen LogP contribution in [0.25, 0.3) is 10.9 Å². The van der Waals surface area contributed by atoms with Gasteiger partial charge in [-0.2, -0.15) is 5.26 Å². The molecule has 1 aliphatic carbocycles. The highest BCUT2D eigenvalue weighted by atomic mass is 35.5. The summed E-state index contributed by atoms with van der Waals surface area (Å²) in [5, 5.41) is 10.1. The van der Waals surface area contributed by atoms with E-state index in [9.17, 15) is 19.6 Å². The Morgan fingerprint density at radius 2 is 1.85 bits per heavy atom. The Morgan fingerprint density at radius 1 is 1.10 bits per heavy atom. The van der Waals surface area contributed by atoms with Crippen molar-refractivity contribution in [2.24, 2.45) is 5.92 Å². The molecule has 0 unspecified atom stereocenters. The fourth-order valence-corrected chi connectivity index (χ4v) is 5.95. The van der Waals surface area contributed by atoms with Gasteiger partial charge in [0.15, 0.2) is 0 Å². The molecule has 0 bridgehead atoms. The minimum Gasteiger partial charge on any atom is -0.342 e. The third-order valence-corrected chi connectivity index (χ3v) is 8.46. The average molecular weight is 546 g/mol. The van der Waals surface area contributed by atoms with E-state index in [2.05, 4.69) is 4.98 Å². The standard InChI is InChI=1S/C30H32ClN5O3/c1-34(17-20-6-8-26(31)24(14-20)16-32)28(37)18-36-19-33-27-9-7-23(15-25(27)30(36)39)21-10-12-35(13-11-21)29(38)22-4-2-3-5-22/h6-9,14-15,19,21-22H,2-5,10-13,17-18H2,1H3. The summed E-state index contributed by atoms with van der Waals surface area (Å²) in [6, 6.07) is 12.9. The zero-order chi connectivity index (χ0) is 27.5. The van der Waals surface area contributed by atoms with Crippen molar-refractivity contribution < 1.29 is 9.59 Å². The summed E-state index contributed by atoms with van der Waals surface area (Å²) in [6.07, 6.45) is 7.51. The molecule has 9 heteroatoms. The molecule has 1 saturated heterocycles. The normalized spacial score (nSPS) is 16.4. The van der Waals surface area contributed by atoms with E-state index in [1.54, 1.807) is 25.2 Å². The molecule has 3 aromatic rings. The smallest absolute Gasteiger partial charge is 0.261 e. The maximum Gasteiger partial charge on any atom is 0.261 e. The van der Waals surface area contributed by atoms with E-state index in [1.807, 2.05) is 29.2 Å². The number of piperidine rings is 1. The molecule has 202 valence electrons. The average Bonchev–Trinajstić information content (AvgIpc) is 3.50. The van der Waals surface area contributed by atoms with Crippen LogP contribution in [-0.2, 0) is 22.7 Å². The van der Waals surface area contributed by atoms with E-state index in [-0.39, 0.29) is 36.4 Å². The molecular formula is C30H32ClN5O3. The summed E-state index contributed by atoms with van der Waals surface area (Å²) >= 11 is 6.01. The van der Waals surface area contributed by atoms with Crippen molar-refractivity contribution in [2.75, 3.05) is 20.1 Å². The lowest BCUT2D eigenvalue weighted by Crippen LogP contribution is -2.40. The van der Waals surface area contributed by atoms with Crippen LogP contribution in [0.4, 0.5) is 0 Å². The van der Waals surface area contributed by atoms with Gasteiger partial charge in [-0.05, 0) is 67.0 Å². The predicted molar refractivity (Wildman–Crippen MR) is 149 cm³/mol. The minimum absolute atomic E-state index is 0.136. The zero-order valence-electron chi connectivity index (χ0n) is 22.1. The molecule has 1 aromatic heterocycles. The summed E-state index contributed by atoms with van der Waals surface area (Å²) in [4.78, 5) is 47.0. The molecule has 1 aliphatic heterocycles. The number of nitriles is 1. The lowest BCUT2D eigenvalue weighted by Gasteiger charge is -2.34. The zero-order valence-corrected chi connectivity index (χ0v) is 22.9. The van der Waals surface area contributed by atoms with Crippen LogP contribution in [0.1, 0.15) is 61.1 Å². The van der Waals surface area contributed by atoms with Crippen LogP contribution in [0.3, 0.4) is 0 Å². The third-order valence-electron chi connectivity index (χ3n) is 8.13. The van der Waals surface area contributed by atoms with Crippen molar-refractivity contribution in [3.8, 4) is 6.07 Å². The van der Waals surface area contributed by atoms with Gasteiger partial charge in [0, 0.05) is 32.6 Å².